The molecule has 1 amide bonds. The first kappa shape index (κ1) is 13.6. The summed E-state index contributed by atoms with van der Waals surface area (Å²) >= 11 is 0. The van der Waals surface area contributed by atoms with Crippen LogP contribution in [0.3, 0.4) is 0 Å². The van der Waals surface area contributed by atoms with Crippen molar-refractivity contribution in [2.75, 3.05) is 13.2 Å². The number of ether oxygens (including phenoxy) is 1. The van der Waals surface area contributed by atoms with E-state index in [-0.39, 0.29) is 5.91 Å². The van der Waals surface area contributed by atoms with Crippen LogP contribution in [0.15, 0.2) is 30.6 Å². The molecule has 21 heavy (non-hydrogen) atoms. The van der Waals surface area contributed by atoms with Crippen LogP contribution in [0.4, 0.5) is 0 Å². The van der Waals surface area contributed by atoms with Crippen LogP contribution in [0, 0.1) is 0 Å². The molecule has 6 nitrogen and oxygen atoms in total. The Hall–Kier alpha value is -2.37. The van der Waals surface area contributed by atoms with Crippen molar-refractivity contribution in [2.24, 2.45) is 0 Å². The number of hydrogen-bond donors (Lipinski definition) is 0. The minimum atomic E-state index is -0.0696. The van der Waals surface area contributed by atoms with Gasteiger partial charge in [0.15, 0.2) is 5.69 Å². The topological polar surface area (TPSA) is 60.2 Å². The van der Waals surface area contributed by atoms with Gasteiger partial charge in [-0.05, 0) is 24.6 Å². The van der Waals surface area contributed by atoms with Gasteiger partial charge in [0.05, 0.1) is 6.61 Å². The van der Waals surface area contributed by atoms with Crippen molar-refractivity contribution in [3.05, 3.63) is 41.9 Å². The first-order valence-corrected chi connectivity index (χ1v) is 7.16. The van der Waals surface area contributed by atoms with Crippen molar-refractivity contribution in [1.29, 1.82) is 0 Å². The molecule has 2 aromatic heterocycles. The first-order valence-electron chi connectivity index (χ1n) is 7.16. The zero-order valence-electron chi connectivity index (χ0n) is 12.0. The second-order valence-corrected chi connectivity index (χ2v) is 4.97. The van der Waals surface area contributed by atoms with Crippen molar-refractivity contribution < 1.29 is 9.53 Å². The lowest BCUT2D eigenvalue weighted by Gasteiger charge is -2.19. The van der Waals surface area contributed by atoms with E-state index < -0.39 is 0 Å². The minimum Gasteiger partial charge on any atom is -0.478 e. The van der Waals surface area contributed by atoms with Crippen LogP contribution in [0.5, 0.6) is 5.88 Å². The van der Waals surface area contributed by atoms with E-state index in [0.29, 0.717) is 31.3 Å². The normalized spacial score (nSPS) is 13.4. The molecule has 0 aliphatic carbocycles. The molecular weight excluding hydrogens is 268 g/mol. The van der Waals surface area contributed by atoms with Gasteiger partial charge in [-0.2, -0.15) is 5.10 Å². The Morgan fingerprint density at radius 1 is 1.43 bits per heavy atom. The van der Waals surface area contributed by atoms with Crippen LogP contribution in [0.2, 0.25) is 0 Å². The summed E-state index contributed by atoms with van der Waals surface area (Å²) < 4.78 is 7.27. The van der Waals surface area contributed by atoms with E-state index in [0.717, 1.165) is 18.5 Å². The SMILES string of the molecule is CCN(Cc1ccncc1)C(=O)c1cc2n(n1)CCCO2. The molecule has 0 bridgehead atoms. The van der Waals surface area contributed by atoms with Gasteiger partial charge in [-0.1, -0.05) is 0 Å². The molecule has 2 aromatic rings. The largest absolute Gasteiger partial charge is 0.478 e. The fraction of sp³-hybridized carbons (Fsp3) is 0.400. The molecule has 1 aliphatic heterocycles. The molecule has 1 aliphatic rings. The third kappa shape index (κ3) is 2.89. The number of carbonyl (C=O) groups excluding carboxylic acids is 1. The molecule has 0 fully saturated rings. The van der Waals surface area contributed by atoms with E-state index in [1.165, 1.54) is 0 Å². The number of amides is 1. The monoisotopic (exact) mass is 286 g/mol. The molecule has 3 rings (SSSR count). The number of rotatable bonds is 4. The second kappa shape index (κ2) is 5.95. The number of hydrogen-bond acceptors (Lipinski definition) is 4. The van der Waals surface area contributed by atoms with E-state index in [2.05, 4.69) is 10.1 Å². The lowest BCUT2D eigenvalue weighted by atomic mass is 10.2. The van der Waals surface area contributed by atoms with Crippen LogP contribution < -0.4 is 4.74 Å². The quantitative estimate of drug-likeness (QED) is 0.858. The Morgan fingerprint density at radius 3 is 2.95 bits per heavy atom. The average Bonchev–Trinajstić information content (AvgIpc) is 2.97. The van der Waals surface area contributed by atoms with Crippen molar-refractivity contribution in [1.82, 2.24) is 19.7 Å². The molecule has 0 saturated carbocycles. The van der Waals surface area contributed by atoms with Crippen molar-refractivity contribution in [3.63, 3.8) is 0 Å². The number of aryl methyl sites for hydroxylation is 1. The third-order valence-corrected chi connectivity index (χ3v) is 3.52. The lowest BCUT2D eigenvalue weighted by molar-refractivity contribution is 0.0745. The molecule has 0 spiro atoms. The summed E-state index contributed by atoms with van der Waals surface area (Å²) in [4.78, 5) is 18.3. The fourth-order valence-electron chi connectivity index (χ4n) is 2.37. The Morgan fingerprint density at radius 2 is 2.24 bits per heavy atom. The van der Waals surface area contributed by atoms with Gasteiger partial charge < -0.3 is 9.64 Å². The summed E-state index contributed by atoms with van der Waals surface area (Å²) in [6.45, 7) is 4.64. The zero-order chi connectivity index (χ0) is 14.7. The van der Waals surface area contributed by atoms with Gasteiger partial charge in [-0.3, -0.25) is 9.78 Å². The first-order chi connectivity index (χ1) is 10.3. The summed E-state index contributed by atoms with van der Waals surface area (Å²) in [6.07, 6.45) is 4.39. The van der Waals surface area contributed by atoms with Crippen LogP contribution in [-0.2, 0) is 13.1 Å². The molecule has 0 aromatic carbocycles. The van der Waals surface area contributed by atoms with Crippen LogP contribution in [0.25, 0.3) is 0 Å². The highest BCUT2D eigenvalue weighted by atomic mass is 16.5. The molecule has 0 atom stereocenters. The molecule has 6 heteroatoms. The van der Waals surface area contributed by atoms with Gasteiger partial charge in [-0.15, -0.1) is 0 Å². The summed E-state index contributed by atoms with van der Waals surface area (Å²) in [5, 5.41) is 4.35. The highest BCUT2D eigenvalue weighted by molar-refractivity contribution is 5.92. The van der Waals surface area contributed by atoms with Gasteiger partial charge in [0, 0.05) is 44.5 Å². The van der Waals surface area contributed by atoms with E-state index in [1.807, 2.05) is 19.1 Å². The minimum absolute atomic E-state index is 0.0696. The Kier molecular flexibility index (Phi) is 3.85. The predicted octanol–water partition coefficient (Wildman–Crippen LogP) is 1.72. The van der Waals surface area contributed by atoms with Crippen molar-refractivity contribution >= 4 is 5.91 Å². The number of carbonyl (C=O) groups is 1. The maximum atomic E-state index is 12.6. The maximum Gasteiger partial charge on any atom is 0.274 e. The smallest absolute Gasteiger partial charge is 0.274 e. The van der Waals surface area contributed by atoms with E-state index in [9.17, 15) is 4.79 Å². The highest BCUT2D eigenvalue weighted by Crippen LogP contribution is 2.19. The van der Waals surface area contributed by atoms with E-state index in [1.54, 1.807) is 28.0 Å². The number of nitrogens with zero attached hydrogens (tertiary/aromatic N) is 4. The standard InChI is InChI=1S/C15H18N4O2/c1-2-18(11-12-4-6-16-7-5-12)15(20)13-10-14-19(17-13)8-3-9-21-14/h4-7,10H,2-3,8-9,11H2,1H3. The van der Waals surface area contributed by atoms with Gasteiger partial charge >= 0.3 is 0 Å². The Labute approximate surface area is 123 Å². The molecule has 110 valence electrons. The second-order valence-electron chi connectivity index (χ2n) is 4.97. The molecule has 3 heterocycles. The molecular formula is C15H18N4O2. The fourth-order valence-corrected chi connectivity index (χ4v) is 2.37. The van der Waals surface area contributed by atoms with Crippen LogP contribution in [-0.4, -0.2) is 38.7 Å². The summed E-state index contributed by atoms with van der Waals surface area (Å²) in [6, 6.07) is 5.56. The lowest BCUT2D eigenvalue weighted by Crippen LogP contribution is -2.30. The molecule has 0 saturated heterocycles. The predicted molar refractivity (Wildman–Crippen MR) is 77.0 cm³/mol. The number of aromatic nitrogens is 3. The molecule has 0 N–H and O–H groups in total. The van der Waals surface area contributed by atoms with Gasteiger partial charge in [0.1, 0.15) is 0 Å². The Balaban J connectivity index is 1.77. The summed E-state index contributed by atoms with van der Waals surface area (Å²) in [5.74, 6) is 0.615. The molecule has 0 unspecified atom stereocenters. The zero-order valence-corrected chi connectivity index (χ0v) is 12.0. The third-order valence-electron chi connectivity index (χ3n) is 3.52. The van der Waals surface area contributed by atoms with Crippen molar-refractivity contribution in [3.8, 4) is 5.88 Å². The Bertz CT molecular complexity index is 600. The van der Waals surface area contributed by atoms with Gasteiger partial charge in [-0.25, -0.2) is 4.68 Å². The van der Waals surface area contributed by atoms with Crippen molar-refractivity contribution in [2.45, 2.75) is 26.4 Å². The average molecular weight is 286 g/mol. The number of fused-ring (bicyclic) bond motifs is 1. The van der Waals surface area contributed by atoms with E-state index >= 15 is 0 Å². The molecule has 0 radical (unpaired) electrons. The van der Waals surface area contributed by atoms with Crippen LogP contribution >= 0.6 is 0 Å². The van der Waals surface area contributed by atoms with Gasteiger partial charge in [0.2, 0.25) is 5.88 Å². The summed E-state index contributed by atoms with van der Waals surface area (Å²) in [7, 11) is 0. The number of pyridine rings is 1. The highest BCUT2D eigenvalue weighted by Gasteiger charge is 2.21. The summed E-state index contributed by atoms with van der Waals surface area (Å²) in [5.41, 5.74) is 1.50. The maximum absolute atomic E-state index is 12.6. The van der Waals surface area contributed by atoms with Crippen LogP contribution in [0.1, 0.15) is 29.4 Å². The van der Waals surface area contributed by atoms with E-state index in [4.69, 9.17) is 4.74 Å². The van der Waals surface area contributed by atoms with Gasteiger partial charge in [0.25, 0.3) is 5.91 Å².